The van der Waals surface area contributed by atoms with Crippen LogP contribution in [0.25, 0.3) is 0 Å². The molecular weight excluding hydrogens is 419 g/mol. The summed E-state index contributed by atoms with van der Waals surface area (Å²) in [6, 6.07) is 4.83. The van der Waals surface area contributed by atoms with E-state index in [-0.39, 0.29) is 18.6 Å². The highest BCUT2D eigenvalue weighted by atomic mass is 35.5. The number of likely N-dealkylation sites (tertiary alicyclic amines) is 1. The highest BCUT2D eigenvalue weighted by Gasteiger charge is 2.37. The summed E-state index contributed by atoms with van der Waals surface area (Å²) in [5.41, 5.74) is 2.41. The number of carbonyl (C=O) groups is 2. The van der Waals surface area contributed by atoms with Crippen molar-refractivity contribution in [1.82, 2.24) is 30.5 Å². The van der Waals surface area contributed by atoms with Crippen molar-refractivity contribution >= 4 is 35.3 Å². The number of hydrogen-bond acceptors (Lipinski definition) is 5. The molecule has 3 amide bonds. The van der Waals surface area contributed by atoms with Crippen LogP contribution in [0.3, 0.4) is 0 Å². The predicted octanol–water partition coefficient (Wildman–Crippen LogP) is 2.79. The summed E-state index contributed by atoms with van der Waals surface area (Å²) in [5.74, 6) is 0.112. The Kier molecular flexibility index (Phi) is 5.59. The maximum Gasteiger partial charge on any atom is 0.410 e. The van der Waals surface area contributed by atoms with E-state index in [1.165, 1.54) is 0 Å². The molecule has 2 N–H and O–H groups in total. The molecule has 1 aromatic carbocycles. The fourth-order valence-electron chi connectivity index (χ4n) is 3.40. The molecule has 0 bridgehead atoms. The standard InChI is InChI=1S/C18H18Cl2N6O3/c19-14-1-11(2-15(20)3-14)10-29-18(28)26-8-12-6-25(7-13(12)9-26)17(27)21-4-16-5-22-24-23-16/h1-3,5-6,13H,4,7-10H2,(H,21,27)(H,22,23,24)/t13-/m0/s1. The Balaban J connectivity index is 1.27. The molecule has 4 rings (SSSR count). The Hall–Kier alpha value is -2.78. The van der Waals surface area contributed by atoms with Crippen LogP contribution in [0.1, 0.15) is 11.3 Å². The second-order valence-corrected chi connectivity index (χ2v) is 7.76. The van der Waals surface area contributed by atoms with Gasteiger partial charge in [-0.05, 0) is 29.3 Å². The first-order valence-electron chi connectivity index (χ1n) is 8.94. The molecule has 11 heteroatoms. The fourth-order valence-corrected chi connectivity index (χ4v) is 3.97. The summed E-state index contributed by atoms with van der Waals surface area (Å²) in [6.07, 6.45) is 2.95. The highest BCUT2D eigenvalue weighted by Crippen LogP contribution is 2.30. The van der Waals surface area contributed by atoms with Crippen LogP contribution in [0, 0.1) is 5.92 Å². The van der Waals surface area contributed by atoms with Gasteiger partial charge in [0.25, 0.3) is 0 Å². The monoisotopic (exact) mass is 436 g/mol. The molecule has 3 heterocycles. The summed E-state index contributed by atoms with van der Waals surface area (Å²) in [6.45, 7) is 1.86. The average molecular weight is 437 g/mol. The predicted molar refractivity (Wildman–Crippen MR) is 105 cm³/mol. The summed E-state index contributed by atoms with van der Waals surface area (Å²) in [7, 11) is 0. The number of benzene rings is 1. The normalized spacial score (nSPS) is 17.9. The minimum absolute atomic E-state index is 0.0932. The highest BCUT2D eigenvalue weighted by molar-refractivity contribution is 6.34. The number of H-pyrrole nitrogens is 1. The SMILES string of the molecule is O=C(NCc1cn[nH]n1)N1C=C2CN(C(=O)OCc3cc(Cl)cc(Cl)c3)C[C@@H]2C1. The Morgan fingerprint density at radius 2 is 2.03 bits per heavy atom. The first-order chi connectivity index (χ1) is 14.0. The van der Waals surface area contributed by atoms with Gasteiger partial charge in [-0.3, -0.25) is 0 Å². The molecule has 0 saturated carbocycles. The van der Waals surface area contributed by atoms with Gasteiger partial charge >= 0.3 is 12.1 Å². The molecule has 152 valence electrons. The minimum atomic E-state index is -0.404. The van der Waals surface area contributed by atoms with Gasteiger partial charge in [-0.2, -0.15) is 15.4 Å². The molecule has 29 heavy (non-hydrogen) atoms. The van der Waals surface area contributed by atoms with Gasteiger partial charge in [-0.1, -0.05) is 23.2 Å². The molecule has 1 atom stereocenters. The Labute approximate surface area is 176 Å². The van der Waals surface area contributed by atoms with Crippen molar-refractivity contribution < 1.29 is 14.3 Å². The van der Waals surface area contributed by atoms with Crippen molar-refractivity contribution in [1.29, 1.82) is 0 Å². The van der Waals surface area contributed by atoms with Crippen molar-refractivity contribution in [3.05, 3.63) is 57.5 Å². The molecule has 2 aliphatic rings. The smallest absolute Gasteiger partial charge is 0.410 e. The lowest BCUT2D eigenvalue weighted by molar-refractivity contribution is 0.103. The second kappa shape index (κ2) is 8.30. The van der Waals surface area contributed by atoms with Gasteiger partial charge in [0.05, 0.1) is 12.7 Å². The maximum absolute atomic E-state index is 12.4. The lowest BCUT2D eigenvalue weighted by Gasteiger charge is -2.19. The van der Waals surface area contributed by atoms with Gasteiger partial charge in [-0.15, -0.1) is 0 Å². The minimum Gasteiger partial charge on any atom is -0.445 e. The Morgan fingerprint density at radius 3 is 2.72 bits per heavy atom. The first-order valence-corrected chi connectivity index (χ1v) is 9.70. The lowest BCUT2D eigenvalue weighted by atomic mass is 10.1. The number of carbonyl (C=O) groups excluding carboxylic acids is 2. The molecule has 9 nitrogen and oxygen atoms in total. The number of halogens is 2. The third-order valence-electron chi connectivity index (χ3n) is 4.77. The largest absolute Gasteiger partial charge is 0.445 e. The molecule has 2 aromatic rings. The van der Waals surface area contributed by atoms with Crippen LogP contribution in [-0.4, -0.2) is 57.0 Å². The average Bonchev–Trinajstić information content (AvgIpc) is 3.39. The number of rotatable bonds is 4. The topological polar surface area (TPSA) is 103 Å². The van der Waals surface area contributed by atoms with Crippen molar-refractivity contribution in [2.45, 2.75) is 13.2 Å². The molecule has 0 spiro atoms. The molecule has 0 radical (unpaired) electrons. The number of urea groups is 1. The van der Waals surface area contributed by atoms with Crippen molar-refractivity contribution in [2.24, 2.45) is 5.92 Å². The molecular formula is C18H18Cl2N6O3. The van der Waals surface area contributed by atoms with Crippen LogP contribution in [0.5, 0.6) is 0 Å². The maximum atomic E-state index is 12.4. The quantitative estimate of drug-likeness (QED) is 0.766. The third-order valence-corrected chi connectivity index (χ3v) is 5.20. The van der Waals surface area contributed by atoms with Gasteiger partial charge in [0.1, 0.15) is 12.3 Å². The number of fused-ring (bicyclic) bond motifs is 1. The van der Waals surface area contributed by atoms with Crippen molar-refractivity contribution in [3.8, 4) is 0 Å². The van der Waals surface area contributed by atoms with Crippen LogP contribution in [-0.2, 0) is 17.9 Å². The van der Waals surface area contributed by atoms with Gasteiger partial charge < -0.3 is 19.9 Å². The zero-order valence-electron chi connectivity index (χ0n) is 15.3. The fraction of sp³-hybridized carbons (Fsp3) is 0.333. The van der Waals surface area contributed by atoms with Gasteiger partial charge in [0, 0.05) is 41.8 Å². The van der Waals surface area contributed by atoms with Crippen molar-refractivity contribution in [2.75, 3.05) is 19.6 Å². The zero-order valence-corrected chi connectivity index (χ0v) is 16.8. The number of hydrogen-bond donors (Lipinski definition) is 2. The number of amides is 3. The lowest BCUT2D eigenvalue weighted by Crippen LogP contribution is -2.38. The van der Waals surface area contributed by atoms with Crippen molar-refractivity contribution in [3.63, 3.8) is 0 Å². The zero-order chi connectivity index (χ0) is 20.4. The Bertz CT molecular complexity index is 929. The second-order valence-electron chi connectivity index (χ2n) is 6.89. The number of aromatic amines is 1. The van der Waals surface area contributed by atoms with Crippen LogP contribution >= 0.6 is 23.2 Å². The van der Waals surface area contributed by atoms with Gasteiger partial charge in [-0.25, -0.2) is 9.59 Å². The van der Waals surface area contributed by atoms with Gasteiger partial charge in [0.15, 0.2) is 0 Å². The molecule has 0 aliphatic carbocycles. The van der Waals surface area contributed by atoms with Crippen LogP contribution in [0.2, 0.25) is 10.0 Å². The van der Waals surface area contributed by atoms with E-state index in [9.17, 15) is 9.59 Å². The van der Waals surface area contributed by atoms with E-state index >= 15 is 0 Å². The molecule has 2 aliphatic heterocycles. The third kappa shape index (κ3) is 4.63. The van der Waals surface area contributed by atoms with E-state index in [0.29, 0.717) is 41.9 Å². The van der Waals surface area contributed by atoms with Crippen LogP contribution in [0.15, 0.2) is 36.2 Å². The van der Waals surface area contributed by atoms with E-state index in [2.05, 4.69) is 20.7 Å². The van der Waals surface area contributed by atoms with E-state index in [1.54, 1.807) is 40.4 Å². The first kappa shape index (κ1) is 19.5. The van der Waals surface area contributed by atoms with E-state index < -0.39 is 6.09 Å². The molecule has 0 unspecified atom stereocenters. The number of aromatic nitrogens is 3. The van der Waals surface area contributed by atoms with E-state index in [4.69, 9.17) is 27.9 Å². The van der Waals surface area contributed by atoms with Crippen LogP contribution < -0.4 is 5.32 Å². The van der Waals surface area contributed by atoms with Crippen LogP contribution in [0.4, 0.5) is 9.59 Å². The molecule has 1 fully saturated rings. The van der Waals surface area contributed by atoms with Gasteiger partial charge in [0.2, 0.25) is 0 Å². The van der Waals surface area contributed by atoms with E-state index in [0.717, 1.165) is 11.1 Å². The summed E-state index contributed by atoms with van der Waals surface area (Å²) in [4.78, 5) is 27.9. The number of nitrogens with one attached hydrogen (secondary N) is 2. The Morgan fingerprint density at radius 1 is 1.24 bits per heavy atom. The number of nitrogens with zero attached hydrogens (tertiary/aromatic N) is 4. The molecule has 1 saturated heterocycles. The van der Waals surface area contributed by atoms with E-state index in [1.807, 2.05) is 0 Å². The number of ether oxygens (including phenoxy) is 1. The molecule has 1 aromatic heterocycles. The summed E-state index contributed by atoms with van der Waals surface area (Å²) < 4.78 is 5.38. The summed E-state index contributed by atoms with van der Waals surface area (Å²) >= 11 is 11.9. The summed E-state index contributed by atoms with van der Waals surface area (Å²) in [5, 5.41) is 13.9.